The Morgan fingerprint density at radius 1 is 1.55 bits per heavy atom. The minimum atomic E-state index is -0.411. The zero-order valence-electron chi connectivity index (χ0n) is 12.0. The largest absolute Gasteiger partial charge is 0.483 e. The fourth-order valence-corrected chi connectivity index (χ4v) is 2.46. The predicted octanol–water partition coefficient (Wildman–Crippen LogP) is 0.679. The molecule has 0 unspecified atom stereocenters. The molecule has 1 amide bonds. The number of cyclic esters (lactones) is 1. The molecule has 1 saturated heterocycles. The maximum Gasteiger partial charge on any atom is 0.414 e. The summed E-state index contributed by atoms with van der Waals surface area (Å²) in [7, 11) is 1.81. The van der Waals surface area contributed by atoms with Crippen molar-refractivity contribution < 1.29 is 14.3 Å². The van der Waals surface area contributed by atoms with E-state index in [-0.39, 0.29) is 12.7 Å². The Hall–Kier alpha value is -2.79. The molecular formula is C14H15N5O3. The number of hydrogen-bond acceptors (Lipinski definition) is 6. The van der Waals surface area contributed by atoms with Crippen molar-refractivity contribution in [3.05, 3.63) is 18.2 Å². The molecule has 114 valence electrons. The number of likely N-dealkylation sites (N-methyl/N-ethyl adjacent to an activating group) is 1. The van der Waals surface area contributed by atoms with Crippen LogP contribution in [0, 0.1) is 11.5 Å². The number of benzene rings is 1. The normalized spacial score (nSPS) is 22.1. The van der Waals surface area contributed by atoms with Crippen LogP contribution in [0.1, 0.15) is 0 Å². The Labute approximate surface area is 127 Å². The summed E-state index contributed by atoms with van der Waals surface area (Å²) >= 11 is 0. The third-order valence-corrected chi connectivity index (χ3v) is 3.68. The Kier molecular flexibility index (Phi) is 3.56. The monoisotopic (exact) mass is 301 g/mol. The van der Waals surface area contributed by atoms with Gasteiger partial charge in [0.25, 0.3) is 0 Å². The van der Waals surface area contributed by atoms with Gasteiger partial charge in [0.1, 0.15) is 18.5 Å². The number of amides is 1. The van der Waals surface area contributed by atoms with Crippen LogP contribution < -0.4 is 20.3 Å². The highest BCUT2D eigenvalue weighted by atomic mass is 16.6. The third kappa shape index (κ3) is 2.31. The summed E-state index contributed by atoms with van der Waals surface area (Å²) in [6, 6.07) is 5.39. The number of aliphatic imine (C=N–C) groups is 1. The van der Waals surface area contributed by atoms with Crippen LogP contribution in [-0.2, 0) is 4.74 Å². The predicted molar refractivity (Wildman–Crippen MR) is 80.1 cm³/mol. The van der Waals surface area contributed by atoms with Gasteiger partial charge in [0.05, 0.1) is 17.9 Å². The van der Waals surface area contributed by atoms with Crippen LogP contribution in [0.5, 0.6) is 5.75 Å². The molecule has 22 heavy (non-hydrogen) atoms. The van der Waals surface area contributed by atoms with Gasteiger partial charge in [0.15, 0.2) is 5.84 Å². The molecule has 3 rings (SSSR count). The van der Waals surface area contributed by atoms with Gasteiger partial charge in [0, 0.05) is 19.7 Å². The molecule has 2 heterocycles. The molecule has 8 nitrogen and oxygen atoms in total. The van der Waals surface area contributed by atoms with E-state index in [0.717, 1.165) is 5.69 Å². The molecule has 0 aliphatic carbocycles. The Morgan fingerprint density at radius 3 is 3.05 bits per heavy atom. The summed E-state index contributed by atoms with van der Waals surface area (Å²) in [4.78, 5) is 18.9. The van der Waals surface area contributed by atoms with Gasteiger partial charge < -0.3 is 20.1 Å². The maximum atomic E-state index is 11.9. The number of carbonyl (C=O) groups is 1. The van der Waals surface area contributed by atoms with E-state index in [0.29, 0.717) is 30.4 Å². The lowest BCUT2D eigenvalue weighted by molar-refractivity contribution is 0.145. The zero-order valence-corrected chi connectivity index (χ0v) is 12.0. The van der Waals surface area contributed by atoms with Crippen LogP contribution >= 0.6 is 0 Å². The van der Waals surface area contributed by atoms with Crippen molar-refractivity contribution in [3.8, 4) is 11.9 Å². The van der Waals surface area contributed by atoms with Crippen molar-refractivity contribution in [2.75, 3.05) is 36.5 Å². The lowest BCUT2D eigenvalue weighted by atomic mass is 10.2. The van der Waals surface area contributed by atoms with Gasteiger partial charge >= 0.3 is 6.09 Å². The first kappa shape index (κ1) is 14.2. The maximum absolute atomic E-state index is 11.9. The van der Waals surface area contributed by atoms with E-state index in [1.54, 1.807) is 23.2 Å². The summed E-state index contributed by atoms with van der Waals surface area (Å²) < 4.78 is 10.8. The number of hydrogen-bond donors (Lipinski definition) is 1. The number of anilines is 2. The molecule has 0 radical (unpaired) electrons. The highest BCUT2D eigenvalue weighted by molar-refractivity contribution is 6.02. The number of nitrogens with two attached hydrogens (primary N) is 1. The number of nitriles is 1. The van der Waals surface area contributed by atoms with Gasteiger partial charge in [0.2, 0.25) is 6.19 Å². The second kappa shape index (κ2) is 5.54. The van der Waals surface area contributed by atoms with E-state index >= 15 is 0 Å². The first-order valence-electron chi connectivity index (χ1n) is 6.78. The van der Waals surface area contributed by atoms with Gasteiger partial charge in [-0.25, -0.2) is 4.79 Å². The number of nitrogens with zero attached hydrogens (tertiary/aromatic N) is 4. The van der Waals surface area contributed by atoms with E-state index in [2.05, 4.69) is 4.99 Å². The molecule has 1 fully saturated rings. The van der Waals surface area contributed by atoms with Gasteiger partial charge in [-0.2, -0.15) is 10.3 Å². The average Bonchev–Trinajstić information content (AvgIpc) is 2.91. The molecule has 0 aromatic heterocycles. The number of carbonyl (C=O) groups excluding carboxylic acids is 1. The summed E-state index contributed by atoms with van der Waals surface area (Å²) in [5, 5.41) is 8.66. The van der Waals surface area contributed by atoms with E-state index in [9.17, 15) is 4.79 Å². The molecule has 0 spiro atoms. The number of ether oxygens (including phenoxy) is 2. The van der Waals surface area contributed by atoms with Crippen LogP contribution in [0.3, 0.4) is 0 Å². The number of fused-ring (bicyclic) bond motifs is 1. The fourth-order valence-electron chi connectivity index (χ4n) is 2.46. The Bertz CT molecular complexity index is 682. The first-order chi connectivity index (χ1) is 10.6. The molecule has 0 saturated carbocycles. The lowest BCUT2D eigenvalue weighted by Crippen LogP contribution is -2.36. The van der Waals surface area contributed by atoms with E-state index in [1.807, 2.05) is 13.1 Å². The zero-order chi connectivity index (χ0) is 15.7. The Balaban J connectivity index is 1.89. The summed E-state index contributed by atoms with van der Waals surface area (Å²) in [5.74, 6) is 1.16. The van der Waals surface area contributed by atoms with Crippen LogP contribution in [0.15, 0.2) is 23.2 Å². The second-order valence-corrected chi connectivity index (χ2v) is 4.98. The van der Waals surface area contributed by atoms with E-state index in [4.69, 9.17) is 20.5 Å². The SMILES string of the molecule is CN1C(=NC#N)COc2cc(N3C[C@@H](CN)OC3=O)ccc21. The number of rotatable bonds is 2. The van der Waals surface area contributed by atoms with Crippen LogP contribution in [0.25, 0.3) is 0 Å². The molecule has 8 heteroatoms. The molecule has 2 aliphatic heterocycles. The molecule has 2 N–H and O–H groups in total. The van der Waals surface area contributed by atoms with Gasteiger partial charge in [-0.05, 0) is 12.1 Å². The summed E-state index contributed by atoms with van der Waals surface area (Å²) in [5.41, 5.74) is 7.01. The molecule has 1 aromatic carbocycles. The van der Waals surface area contributed by atoms with Gasteiger partial charge in [-0.1, -0.05) is 0 Å². The summed E-state index contributed by atoms with van der Waals surface area (Å²) in [6.45, 7) is 0.919. The van der Waals surface area contributed by atoms with Crippen LogP contribution in [0.4, 0.5) is 16.2 Å². The third-order valence-electron chi connectivity index (χ3n) is 3.68. The minimum Gasteiger partial charge on any atom is -0.483 e. The van der Waals surface area contributed by atoms with Gasteiger partial charge in [-0.15, -0.1) is 0 Å². The van der Waals surface area contributed by atoms with Crippen molar-refractivity contribution in [2.45, 2.75) is 6.10 Å². The highest BCUT2D eigenvalue weighted by Crippen LogP contribution is 2.36. The van der Waals surface area contributed by atoms with E-state index < -0.39 is 6.09 Å². The van der Waals surface area contributed by atoms with Crippen molar-refractivity contribution in [1.82, 2.24) is 0 Å². The number of amidine groups is 1. The Morgan fingerprint density at radius 2 is 2.36 bits per heavy atom. The van der Waals surface area contributed by atoms with Crippen LogP contribution in [0.2, 0.25) is 0 Å². The smallest absolute Gasteiger partial charge is 0.414 e. The van der Waals surface area contributed by atoms with Gasteiger partial charge in [-0.3, -0.25) is 4.90 Å². The molecule has 1 atom stereocenters. The fraction of sp³-hybridized carbons (Fsp3) is 0.357. The first-order valence-corrected chi connectivity index (χ1v) is 6.78. The van der Waals surface area contributed by atoms with Crippen molar-refractivity contribution >= 4 is 23.3 Å². The summed E-state index contributed by atoms with van der Waals surface area (Å²) in [6.07, 6.45) is 1.06. The topological polar surface area (TPSA) is 104 Å². The van der Waals surface area contributed by atoms with E-state index in [1.165, 1.54) is 4.90 Å². The van der Waals surface area contributed by atoms with Crippen molar-refractivity contribution in [2.24, 2.45) is 10.7 Å². The minimum absolute atomic E-state index is 0.205. The second-order valence-electron chi connectivity index (χ2n) is 4.98. The quantitative estimate of drug-likeness (QED) is 0.805. The van der Waals surface area contributed by atoms with Crippen molar-refractivity contribution in [1.29, 1.82) is 5.26 Å². The molecule has 0 bridgehead atoms. The van der Waals surface area contributed by atoms with Crippen LogP contribution in [-0.4, -0.2) is 44.8 Å². The van der Waals surface area contributed by atoms with Crippen molar-refractivity contribution in [3.63, 3.8) is 0 Å². The standard InChI is InChI=1S/C14H15N5O3/c1-18-11-3-2-9(19-6-10(5-15)22-14(19)20)4-12(11)21-7-13(18)17-8-16/h2-4,10H,5-7,15H2,1H3/t10-/m1/s1. The molecular weight excluding hydrogens is 286 g/mol. The molecule has 1 aromatic rings. The molecule has 2 aliphatic rings. The highest BCUT2D eigenvalue weighted by Gasteiger charge is 2.32. The average molecular weight is 301 g/mol. The lowest BCUT2D eigenvalue weighted by Gasteiger charge is -2.29.